The average Bonchev–Trinajstić information content (AvgIpc) is 3.87. The van der Waals surface area contributed by atoms with Crippen LogP contribution in [0.2, 0.25) is 0 Å². The van der Waals surface area contributed by atoms with Crippen LogP contribution in [0.1, 0.15) is 104 Å². The van der Waals surface area contributed by atoms with E-state index in [9.17, 15) is 26.3 Å². The number of halogens is 8. The van der Waals surface area contributed by atoms with Crippen LogP contribution >= 0.6 is 0 Å². The summed E-state index contributed by atoms with van der Waals surface area (Å²) >= 11 is -3.25. The van der Waals surface area contributed by atoms with E-state index >= 15 is 0 Å². The van der Waals surface area contributed by atoms with Gasteiger partial charge < -0.3 is 24.8 Å². The van der Waals surface area contributed by atoms with E-state index in [0.717, 1.165) is 59.4 Å². The molecule has 0 aliphatic heterocycles. The fourth-order valence-corrected chi connectivity index (χ4v) is 17.8. The molecule has 6 aromatic rings. The first kappa shape index (κ1) is 49.2. The zero-order chi connectivity index (χ0) is 44.5. The van der Waals surface area contributed by atoms with Crippen LogP contribution in [-0.4, -0.2) is 3.21 Å². The summed E-state index contributed by atoms with van der Waals surface area (Å²) in [6.45, 7) is 18.2. The van der Waals surface area contributed by atoms with Gasteiger partial charge in [0.15, 0.2) is 0 Å². The molecule has 0 amide bonds. The molecule has 64 heavy (non-hydrogen) atoms. The predicted molar refractivity (Wildman–Crippen MR) is 240 cm³/mol. The van der Waals surface area contributed by atoms with Crippen molar-refractivity contribution in [2.45, 2.75) is 91.4 Å². The van der Waals surface area contributed by atoms with E-state index in [-0.39, 0.29) is 35.6 Å². The first-order chi connectivity index (χ1) is 29.1. The van der Waals surface area contributed by atoms with Crippen molar-refractivity contribution >= 4 is 6.48 Å². The van der Waals surface area contributed by atoms with Crippen molar-refractivity contribution < 1.29 is 72.4 Å². The van der Waals surface area contributed by atoms with Gasteiger partial charge in [-0.15, -0.1) is 0 Å². The SMILES string of the molecule is Cc1cc2c(cc1C(C)(C)C)-c1cc(C(C)(C)C)c(C)[c]([Zr+2]([C]3=CC=CC3)=[C](c3ccc(-c4ccc(C(F)(F)F)cc4)cc3)c3ccc(-c4ccc(C(F)(F)F)cc4)cc3)c1C2.[Cl-].[Cl-]. The van der Waals surface area contributed by atoms with E-state index in [0.29, 0.717) is 11.1 Å². The molecule has 0 nitrogen and oxygen atoms in total. The van der Waals surface area contributed by atoms with Gasteiger partial charge in [0, 0.05) is 0 Å². The molecule has 0 bridgehead atoms. The van der Waals surface area contributed by atoms with E-state index in [2.05, 4.69) is 116 Å². The van der Waals surface area contributed by atoms with Gasteiger partial charge in [-0.05, 0) is 0 Å². The Kier molecular flexibility index (Phi) is 14.0. The van der Waals surface area contributed by atoms with Crippen molar-refractivity contribution in [1.82, 2.24) is 0 Å². The predicted octanol–water partition coefficient (Wildman–Crippen LogP) is 9.21. The number of alkyl halides is 6. The maximum Gasteiger partial charge on any atom is -1.00 e. The van der Waals surface area contributed by atoms with Crippen molar-refractivity contribution in [3.63, 3.8) is 0 Å². The Morgan fingerprint density at radius 2 is 0.953 bits per heavy atom. The first-order valence-corrected chi connectivity index (χ1v) is 24.8. The topological polar surface area (TPSA) is 0 Å². The van der Waals surface area contributed by atoms with E-state index in [1.165, 1.54) is 78.5 Å². The summed E-state index contributed by atoms with van der Waals surface area (Å²) in [5.74, 6) is 0. The molecule has 0 atom stereocenters. The molecular weight excluding hydrogens is 937 g/mol. The second-order valence-electron chi connectivity index (χ2n) is 18.8. The van der Waals surface area contributed by atoms with Crippen LogP contribution in [0.5, 0.6) is 0 Å². The van der Waals surface area contributed by atoms with E-state index in [1.807, 2.05) is 24.3 Å². The molecule has 0 N–H and O–H groups in total. The fraction of sp³-hybridized carbons (Fsp3) is 0.255. The maximum atomic E-state index is 13.5. The molecule has 2 aliphatic rings. The van der Waals surface area contributed by atoms with Gasteiger partial charge >= 0.3 is 371 Å². The Balaban J connectivity index is 0.00000340. The van der Waals surface area contributed by atoms with Crippen molar-refractivity contribution in [3.05, 3.63) is 192 Å². The van der Waals surface area contributed by atoms with Gasteiger partial charge in [0.2, 0.25) is 0 Å². The molecule has 0 fully saturated rings. The Morgan fingerprint density at radius 3 is 1.34 bits per heavy atom. The third-order valence-electron chi connectivity index (χ3n) is 12.4. The minimum Gasteiger partial charge on any atom is -1.00 e. The minimum absolute atomic E-state index is 0. The van der Waals surface area contributed by atoms with Gasteiger partial charge in [-0.1, -0.05) is 0 Å². The van der Waals surface area contributed by atoms with Gasteiger partial charge in [0.05, 0.1) is 0 Å². The van der Waals surface area contributed by atoms with Crippen LogP contribution in [0.4, 0.5) is 26.3 Å². The van der Waals surface area contributed by atoms with Gasteiger partial charge in [-0.2, -0.15) is 0 Å². The molecule has 8 rings (SSSR count). The molecule has 0 saturated heterocycles. The molecule has 6 aromatic carbocycles. The number of allylic oxidation sites excluding steroid dienone is 4. The molecule has 0 radical (unpaired) electrons. The number of rotatable bonds is 6. The molecule has 9 heteroatoms. The number of benzene rings is 6. The molecule has 330 valence electrons. The molecule has 0 spiro atoms. The van der Waals surface area contributed by atoms with E-state index < -0.39 is 44.7 Å². The monoisotopic (exact) mass is 984 g/mol. The van der Waals surface area contributed by atoms with Crippen LogP contribution in [0.25, 0.3) is 33.4 Å². The zero-order valence-corrected chi connectivity index (χ0v) is 41.1. The summed E-state index contributed by atoms with van der Waals surface area (Å²) in [7, 11) is 0. The smallest absolute Gasteiger partial charge is 1.00 e. The summed E-state index contributed by atoms with van der Waals surface area (Å²) in [5, 5.41) is 0. The molecule has 2 aliphatic carbocycles. The summed E-state index contributed by atoms with van der Waals surface area (Å²) in [5.41, 5.74) is 14.3. The van der Waals surface area contributed by atoms with Crippen LogP contribution in [0.3, 0.4) is 0 Å². The Morgan fingerprint density at radius 1 is 0.531 bits per heavy atom. The Labute approximate surface area is 393 Å². The standard InChI is InChI=1S/C27H16F6.C23H29.C5H5.2ClH.Zr/c28-26(29,30)24-13-9-22(10-14-24)20-5-1-18(2-6-20)17-19-3-7-21(8-4-19)23-11-15-25(16-12-23)27(31,32)33;1-14-9-16-11-17-10-15(2)21(23(6,7)8)13-19(17)18(16)12-20(14)22(3,4)5;1-2-4-5-3-1;;;/h1-16H;9,12-13H,11H2,1-8H3;1-3H,4H2;2*1H;/q;;;;;+2/p-2. The van der Waals surface area contributed by atoms with Crippen molar-refractivity contribution in [1.29, 1.82) is 0 Å². The second kappa shape index (κ2) is 18.2. The Hall–Kier alpha value is -4.29. The fourth-order valence-electron chi connectivity index (χ4n) is 9.44. The van der Waals surface area contributed by atoms with Gasteiger partial charge in [-0.25, -0.2) is 0 Å². The molecule has 0 saturated carbocycles. The molecule has 0 aromatic heterocycles. The quantitative estimate of drug-likeness (QED) is 0.146. The normalized spacial score (nSPS) is 13.3. The molecule has 0 heterocycles. The van der Waals surface area contributed by atoms with Gasteiger partial charge in [0.1, 0.15) is 0 Å². The maximum absolute atomic E-state index is 13.5. The number of hydrogen-bond acceptors (Lipinski definition) is 0. The number of hydrogen-bond donors (Lipinski definition) is 0. The first-order valence-electron chi connectivity index (χ1n) is 21.1. The Bertz CT molecular complexity index is 2690. The third-order valence-corrected chi connectivity index (χ3v) is 20.5. The van der Waals surface area contributed by atoms with Gasteiger partial charge in [0.25, 0.3) is 0 Å². The summed E-state index contributed by atoms with van der Waals surface area (Å²) in [6.07, 6.45) is -0.415. The summed E-state index contributed by atoms with van der Waals surface area (Å²) in [6, 6.07) is 34.4. The van der Waals surface area contributed by atoms with Gasteiger partial charge in [-0.3, -0.25) is 0 Å². The number of fused-ring (bicyclic) bond motifs is 3. The largest absolute Gasteiger partial charge is 1.00 e. The van der Waals surface area contributed by atoms with Crippen LogP contribution in [0, 0.1) is 13.8 Å². The average molecular weight is 987 g/mol. The minimum atomic E-state index is -4.42. The van der Waals surface area contributed by atoms with Crippen LogP contribution in [-0.2, 0) is 50.9 Å². The molecular formula is C55H50Cl2F6Zr. The van der Waals surface area contributed by atoms with Crippen LogP contribution < -0.4 is 28.1 Å². The third kappa shape index (κ3) is 9.65. The summed E-state index contributed by atoms with van der Waals surface area (Å²) < 4.78 is 85.0. The molecule has 0 unspecified atom stereocenters. The van der Waals surface area contributed by atoms with E-state index in [4.69, 9.17) is 0 Å². The second-order valence-corrected chi connectivity index (χ2v) is 24.7. The van der Waals surface area contributed by atoms with Crippen LogP contribution in [0.15, 0.2) is 137 Å². The summed E-state index contributed by atoms with van der Waals surface area (Å²) in [4.78, 5) is 0. The van der Waals surface area contributed by atoms with E-state index in [1.54, 1.807) is 0 Å². The number of aryl methyl sites for hydroxylation is 1. The van der Waals surface area contributed by atoms with Crippen molar-refractivity contribution in [3.8, 4) is 33.4 Å². The zero-order valence-electron chi connectivity index (χ0n) is 37.1. The van der Waals surface area contributed by atoms with Crippen molar-refractivity contribution in [2.75, 3.05) is 0 Å². The van der Waals surface area contributed by atoms with Crippen molar-refractivity contribution in [2.24, 2.45) is 0 Å².